The average Bonchev–Trinajstić information content (AvgIpc) is 2.32. The molecule has 0 spiro atoms. The number of pyridine rings is 1. The van der Waals surface area contributed by atoms with Gasteiger partial charge in [-0.15, -0.1) is 0 Å². The highest BCUT2D eigenvalue weighted by Crippen LogP contribution is 2.16. The van der Waals surface area contributed by atoms with Crippen LogP contribution in [0.25, 0.3) is 11.1 Å². The van der Waals surface area contributed by atoms with Crippen molar-refractivity contribution in [3.05, 3.63) is 45.6 Å². The van der Waals surface area contributed by atoms with E-state index in [2.05, 4.69) is 15.2 Å². The summed E-state index contributed by atoms with van der Waals surface area (Å²) < 4.78 is 0. The van der Waals surface area contributed by atoms with Crippen LogP contribution in [0.5, 0.6) is 0 Å². The predicted molar refractivity (Wildman–Crippen MR) is 57.8 cm³/mol. The summed E-state index contributed by atoms with van der Waals surface area (Å²) in [6, 6.07) is 4.94. The Morgan fingerprint density at radius 1 is 1.38 bits per heavy atom. The second kappa shape index (κ2) is 4.13. The van der Waals surface area contributed by atoms with Crippen LogP contribution in [0.15, 0.2) is 29.3 Å². The minimum atomic E-state index is -0.374. The fraction of sp³-hybridized carbons (Fsp3) is 0. The number of aromatic nitrogens is 3. The smallest absolute Gasteiger partial charge is 0.267 e. The first-order valence-electron chi connectivity index (χ1n) is 4.31. The highest BCUT2D eigenvalue weighted by Gasteiger charge is 2.06. The van der Waals surface area contributed by atoms with E-state index in [9.17, 15) is 4.79 Å². The fourth-order valence-electron chi connectivity index (χ4n) is 1.24. The molecule has 2 heterocycles. The molecule has 0 radical (unpaired) electrons. The fourth-order valence-corrected chi connectivity index (χ4v) is 1.40. The van der Waals surface area contributed by atoms with E-state index in [1.54, 1.807) is 6.07 Å². The lowest BCUT2D eigenvalue weighted by Gasteiger charge is -1.99. The number of aromatic amines is 1. The van der Waals surface area contributed by atoms with Gasteiger partial charge in [-0.1, -0.05) is 11.6 Å². The zero-order chi connectivity index (χ0) is 11.5. The number of nitrogens with zero attached hydrogens (tertiary/aromatic N) is 3. The minimum Gasteiger partial charge on any atom is -0.267 e. The van der Waals surface area contributed by atoms with Gasteiger partial charge in [0.1, 0.15) is 11.2 Å². The van der Waals surface area contributed by atoms with Crippen molar-refractivity contribution in [3.8, 4) is 17.2 Å². The molecule has 5 nitrogen and oxygen atoms in total. The molecule has 78 valence electrons. The molecule has 0 atom stereocenters. The Morgan fingerprint density at radius 2 is 2.19 bits per heavy atom. The molecule has 0 amide bonds. The van der Waals surface area contributed by atoms with Crippen LogP contribution in [0.3, 0.4) is 0 Å². The van der Waals surface area contributed by atoms with Crippen molar-refractivity contribution in [2.75, 3.05) is 0 Å². The van der Waals surface area contributed by atoms with Gasteiger partial charge in [0, 0.05) is 18.0 Å². The Balaban J connectivity index is 2.63. The molecule has 0 aliphatic carbocycles. The molecule has 6 heteroatoms. The van der Waals surface area contributed by atoms with Gasteiger partial charge in [-0.2, -0.15) is 10.4 Å². The van der Waals surface area contributed by atoms with Crippen molar-refractivity contribution < 1.29 is 0 Å². The summed E-state index contributed by atoms with van der Waals surface area (Å²) in [5, 5.41) is 14.7. The van der Waals surface area contributed by atoms with Crippen molar-refractivity contribution in [3.63, 3.8) is 0 Å². The van der Waals surface area contributed by atoms with E-state index in [-0.39, 0.29) is 10.7 Å². The number of rotatable bonds is 1. The van der Waals surface area contributed by atoms with Crippen molar-refractivity contribution in [2.24, 2.45) is 0 Å². The molecule has 16 heavy (non-hydrogen) atoms. The Kier molecular flexibility index (Phi) is 2.66. The highest BCUT2D eigenvalue weighted by molar-refractivity contribution is 6.29. The van der Waals surface area contributed by atoms with E-state index in [0.717, 1.165) is 0 Å². The molecule has 0 aliphatic heterocycles. The molecule has 2 aromatic heterocycles. The topological polar surface area (TPSA) is 82.4 Å². The summed E-state index contributed by atoms with van der Waals surface area (Å²) >= 11 is 5.67. The molecule has 0 fully saturated rings. The largest absolute Gasteiger partial charge is 0.272 e. The van der Waals surface area contributed by atoms with Crippen LogP contribution >= 0.6 is 11.6 Å². The van der Waals surface area contributed by atoms with Crippen molar-refractivity contribution in [1.82, 2.24) is 15.2 Å². The van der Waals surface area contributed by atoms with Crippen LogP contribution in [0.2, 0.25) is 5.15 Å². The number of hydrogen-bond acceptors (Lipinski definition) is 4. The van der Waals surface area contributed by atoms with Crippen molar-refractivity contribution in [1.29, 1.82) is 5.26 Å². The monoisotopic (exact) mass is 232 g/mol. The van der Waals surface area contributed by atoms with Crippen LogP contribution in [-0.2, 0) is 0 Å². The van der Waals surface area contributed by atoms with E-state index < -0.39 is 0 Å². The maximum atomic E-state index is 11.5. The van der Waals surface area contributed by atoms with Gasteiger partial charge in [0.2, 0.25) is 0 Å². The van der Waals surface area contributed by atoms with Crippen LogP contribution in [0, 0.1) is 11.3 Å². The summed E-state index contributed by atoms with van der Waals surface area (Å²) in [6.45, 7) is 0. The van der Waals surface area contributed by atoms with E-state index in [4.69, 9.17) is 16.9 Å². The number of nitriles is 1. The van der Waals surface area contributed by atoms with Crippen LogP contribution in [-0.4, -0.2) is 15.2 Å². The van der Waals surface area contributed by atoms with Gasteiger partial charge in [0.25, 0.3) is 5.56 Å². The lowest BCUT2D eigenvalue weighted by atomic mass is 10.1. The Bertz CT molecular complexity index is 629. The molecular formula is C10H5ClN4O. The second-order valence-corrected chi connectivity index (χ2v) is 3.39. The normalized spacial score (nSPS) is 9.75. The average molecular weight is 233 g/mol. The predicted octanol–water partition coefficient (Wildman–Crippen LogP) is 1.36. The summed E-state index contributed by atoms with van der Waals surface area (Å²) in [4.78, 5) is 15.3. The molecule has 2 aromatic rings. The number of hydrogen-bond donors (Lipinski definition) is 1. The molecule has 0 aliphatic rings. The maximum absolute atomic E-state index is 11.5. The third-order valence-corrected chi connectivity index (χ3v) is 2.14. The van der Waals surface area contributed by atoms with Gasteiger partial charge in [0.05, 0.1) is 11.1 Å². The summed E-state index contributed by atoms with van der Waals surface area (Å²) in [5.41, 5.74) is 0.875. The van der Waals surface area contributed by atoms with Crippen molar-refractivity contribution >= 4 is 11.6 Å². The molecule has 2 rings (SSSR count). The zero-order valence-corrected chi connectivity index (χ0v) is 8.69. The molecule has 0 aromatic carbocycles. The second-order valence-electron chi connectivity index (χ2n) is 3.01. The van der Waals surface area contributed by atoms with Crippen LogP contribution in [0.4, 0.5) is 0 Å². The minimum absolute atomic E-state index is 0.178. The summed E-state index contributed by atoms with van der Waals surface area (Å²) in [5.74, 6) is 0. The molecular weight excluding hydrogens is 228 g/mol. The van der Waals surface area contributed by atoms with Gasteiger partial charge in [-0.3, -0.25) is 9.78 Å². The number of nitrogens with one attached hydrogen (secondary N) is 1. The molecule has 0 saturated heterocycles. The first-order valence-corrected chi connectivity index (χ1v) is 4.69. The van der Waals surface area contributed by atoms with E-state index >= 15 is 0 Å². The summed E-state index contributed by atoms with van der Waals surface area (Å²) in [7, 11) is 0. The molecule has 0 unspecified atom stereocenters. The summed E-state index contributed by atoms with van der Waals surface area (Å²) in [6.07, 6.45) is 2.90. The van der Waals surface area contributed by atoms with Crippen LogP contribution < -0.4 is 5.56 Å². The van der Waals surface area contributed by atoms with Gasteiger partial charge >= 0.3 is 0 Å². The van der Waals surface area contributed by atoms with Crippen molar-refractivity contribution in [2.45, 2.75) is 0 Å². The van der Waals surface area contributed by atoms with E-state index in [0.29, 0.717) is 16.7 Å². The molecule has 0 bridgehead atoms. The van der Waals surface area contributed by atoms with Crippen LogP contribution in [0.1, 0.15) is 5.56 Å². The Morgan fingerprint density at radius 3 is 2.94 bits per heavy atom. The quantitative estimate of drug-likeness (QED) is 0.805. The molecule has 1 N–H and O–H groups in total. The lowest BCUT2D eigenvalue weighted by Crippen LogP contribution is -2.10. The standard InChI is InChI=1S/C10H5ClN4O/c11-9-2-8(10(16)15-14-9)7-1-6(3-12)4-13-5-7/h1-2,4-5H,(H,15,16). The number of halogens is 1. The zero-order valence-electron chi connectivity index (χ0n) is 7.94. The first kappa shape index (κ1) is 10.3. The SMILES string of the molecule is N#Cc1cncc(-c2cc(Cl)n[nH]c2=O)c1. The lowest BCUT2D eigenvalue weighted by molar-refractivity contribution is 0.991. The van der Waals surface area contributed by atoms with Gasteiger partial charge in [-0.25, -0.2) is 5.10 Å². The van der Waals surface area contributed by atoms with Gasteiger partial charge < -0.3 is 0 Å². The molecule has 0 saturated carbocycles. The number of H-pyrrole nitrogens is 1. The third kappa shape index (κ3) is 1.92. The highest BCUT2D eigenvalue weighted by atomic mass is 35.5. The Labute approximate surface area is 95.3 Å². The Hall–Kier alpha value is -2.19. The first-order chi connectivity index (χ1) is 7.70. The van der Waals surface area contributed by atoms with E-state index in [1.165, 1.54) is 18.5 Å². The van der Waals surface area contributed by atoms with Gasteiger partial charge in [-0.05, 0) is 12.1 Å². The van der Waals surface area contributed by atoms with Gasteiger partial charge in [0.15, 0.2) is 0 Å². The third-order valence-electron chi connectivity index (χ3n) is 1.95. The maximum Gasteiger partial charge on any atom is 0.272 e. The van der Waals surface area contributed by atoms with E-state index in [1.807, 2.05) is 6.07 Å².